The average Bonchev–Trinajstić information content (AvgIpc) is 2.97. The molecule has 0 unspecified atom stereocenters. The highest BCUT2D eigenvalue weighted by Crippen LogP contribution is 2.22. The third-order valence-corrected chi connectivity index (χ3v) is 3.95. The van der Waals surface area contributed by atoms with Gasteiger partial charge in [-0.3, -0.25) is 4.79 Å². The Balaban J connectivity index is 1.61. The summed E-state index contributed by atoms with van der Waals surface area (Å²) in [6, 6.07) is 16.4. The van der Waals surface area contributed by atoms with Crippen LogP contribution in [0.25, 0.3) is 10.9 Å². The van der Waals surface area contributed by atoms with Crippen molar-refractivity contribution in [3.63, 3.8) is 0 Å². The summed E-state index contributed by atoms with van der Waals surface area (Å²) in [7, 11) is 0. The van der Waals surface area contributed by atoms with E-state index in [1.54, 1.807) is 31.2 Å². The molecule has 3 aromatic rings. The van der Waals surface area contributed by atoms with Gasteiger partial charge in [-0.15, -0.1) is 0 Å². The number of H-pyrrole nitrogens is 1. The SMILES string of the molecule is Cc1[nH]c2ccccc2c1C(=O)OCC(=O)Nc1ccc(CC#N)cc1. The molecule has 0 aliphatic heterocycles. The van der Waals surface area contributed by atoms with Crippen LogP contribution in [0.5, 0.6) is 0 Å². The lowest BCUT2D eigenvalue weighted by Gasteiger charge is -2.07. The summed E-state index contributed by atoms with van der Waals surface area (Å²) in [5, 5.41) is 12.1. The number of nitrogens with one attached hydrogen (secondary N) is 2. The number of hydrogen-bond acceptors (Lipinski definition) is 4. The molecule has 1 heterocycles. The fourth-order valence-corrected chi connectivity index (χ4v) is 2.74. The Hall–Kier alpha value is -3.59. The van der Waals surface area contributed by atoms with Gasteiger partial charge >= 0.3 is 5.97 Å². The lowest BCUT2D eigenvalue weighted by molar-refractivity contribution is -0.119. The number of hydrogen-bond donors (Lipinski definition) is 2. The van der Waals surface area contributed by atoms with Crippen LogP contribution < -0.4 is 5.32 Å². The van der Waals surface area contributed by atoms with Gasteiger partial charge in [-0.05, 0) is 30.7 Å². The van der Waals surface area contributed by atoms with Gasteiger partial charge in [0.1, 0.15) is 0 Å². The molecule has 0 radical (unpaired) electrons. The van der Waals surface area contributed by atoms with Gasteiger partial charge in [0.2, 0.25) is 0 Å². The molecule has 3 rings (SSSR count). The molecule has 0 aliphatic rings. The van der Waals surface area contributed by atoms with E-state index in [2.05, 4.69) is 16.4 Å². The Morgan fingerprint density at radius 1 is 1.15 bits per heavy atom. The summed E-state index contributed by atoms with van der Waals surface area (Å²) in [4.78, 5) is 27.5. The number of esters is 1. The van der Waals surface area contributed by atoms with Crippen molar-refractivity contribution < 1.29 is 14.3 Å². The number of benzene rings is 2. The lowest BCUT2D eigenvalue weighted by Crippen LogP contribution is -2.21. The first kappa shape index (κ1) is 17.2. The second-order valence-electron chi connectivity index (χ2n) is 5.83. The largest absolute Gasteiger partial charge is 0.452 e. The molecule has 2 N–H and O–H groups in total. The molecule has 0 atom stereocenters. The van der Waals surface area contributed by atoms with Gasteiger partial charge in [0.25, 0.3) is 5.91 Å². The third kappa shape index (κ3) is 3.73. The highest BCUT2D eigenvalue weighted by molar-refractivity contribution is 6.06. The Labute approximate surface area is 150 Å². The lowest BCUT2D eigenvalue weighted by atomic mass is 10.1. The first-order valence-corrected chi connectivity index (χ1v) is 8.08. The van der Waals surface area contributed by atoms with Crippen LogP contribution in [-0.2, 0) is 16.0 Å². The van der Waals surface area contributed by atoms with Gasteiger partial charge in [-0.2, -0.15) is 5.26 Å². The molecule has 1 amide bonds. The first-order valence-electron chi connectivity index (χ1n) is 8.08. The fraction of sp³-hybridized carbons (Fsp3) is 0.150. The summed E-state index contributed by atoms with van der Waals surface area (Å²) in [5.41, 5.74) is 3.43. The molecular weight excluding hydrogens is 330 g/mol. The number of para-hydroxylation sites is 1. The van der Waals surface area contributed by atoms with Gasteiger partial charge in [0, 0.05) is 22.3 Å². The van der Waals surface area contributed by atoms with Crippen LogP contribution in [0.1, 0.15) is 21.6 Å². The molecule has 0 aliphatic carbocycles. The van der Waals surface area contributed by atoms with Crippen molar-refractivity contribution in [3.8, 4) is 6.07 Å². The predicted molar refractivity (Wildman–Crippen MR) is 97.7 cm³/mol. The van der Waals surface area contributed by atoms with Crippen LogP contribution in [0, 0.1) is 18.3 Å². The minimum atomic E-state index is -0.542. The minimum Gasteiger partial charge on any atom is -0.452 e. The number of amides is 1. The molecule has 0 fully saturated rings. The maximum absolute atomic E-state index is 12.4. The van der Waals surface area contributed by atoms with Crippen molar-refractivity contribution in [1.29, 1.82) is 5.26 Å². The molecule has 0 bridgehead atoms. The zero-order valence-corrected chi connectivity index (χ0v) is 14.2. The van der Waals surface area contributed by atoms with E-state index >= 15 is 0 Å². The second-order valence-corrected chi connectivity index (χ2v) is 5.83. The molecule has 0 saturated carbocycles. The van der Waals surface area contributed by atoms with E-state index in [9.17, 15) is 9.59 Å². The van der Waals surface area contributed by atoms with E-state index in [0.29, 0.717) is 23.4 Å². The van der Waals surface area contributed by atoms with Crippen molar-refractivity contribution in [2.24, 2.45) is 0 Å². The Morgan fingerprint density at radius 2 is 1.88 bits per heavy atom. The molecule has 1 aromatic heterocycles. The van der Waals surface area contributed by atoms with Gasteiger partial charge in [0.05, 0.1) is 18.1 Å². The van der Waals surface area contributed by atoms with Crippen LogP contribution in [0.3, 0.4) is 0 Å². The molecule has 26 heavy (non-hydrogen) atoms. The van der Waals surface area contributed by atoms with Crippen LogP contribution in [0.15, 0.2) is 48.5 Å². The van der Waals surface area contributed by atoms with E-state index in [1.807, 2.05) is 24.3 Å². The first-order chi connectivity index (χ1) is 12.6. The molecule has 2 aromatic carbocycles. The van der Waals surface area contributed by atoms with E-state index in [-0.39, 0.29) is 6.61 Å². The molecule has 0 spiro atoms. The molecular formula is C20H17N3O3. The van der Waals surface area contributed by atoms with E-state index in [1.165, 1.54) is 0 Å². The summed E-state index contributed by atoms with van der Waals surface area (Å²) < 4.78 is 5.16. The normalized spacial score (nSPS) is 10.3. The number of ether oxygens (including phenoxy) is 1. The predicted octanol–water partition coefficient (Wildman–Crippen LogP) is 3.34. The standard InChI is InChI=1S/C20H17N3O3/c1-13-19(16-4-2-3-5-17(16)22-13)20(25)26-12-18(24)23-15-8-6-14(7-9-15)10-11-21/h2-9,22H,10,12H2,1H3,(H,23,24). The number of aromatic nitrogens is 1. The van der Waals surface area contributed by atoms with Gasteiger partial charge in [-0.25, -0.2) is 4.79 Å². The van der Waals surface area contributed by atoms with Crippen molar-refractivity contribution >= 4 is 28.5 Å². The third-order valence-electron chi connectivity index (χ3n) is 3.95. The Kier molecular flexibility index (Phi) is 4.99. The highest BCUT2D eigenvalue weighted by atomic mass is 16.5. The van der Waals surface area contributed by atoms with Gasteiger partial charge in [-0.1, -0.05) is 30.3 Å². The van der Waals surface area contributed by atoms with E-state index in [4.69, 9.17) is 10.00 Å². The summed E-state index contributed by atoms with van der Waals surface area (Å²) in [5.74, 6) is -0.969. The van der Waals surface area contributed by atoms with Gasteiger partial charge in [0.15, 0.2) is 6.61 Å². The Bertz CT molecular complexity index is 997. The number of fused-ring (bicyclic) bond motifs is 1. The quantitative estimate of drug-likeness (QED) is 0.692. The molecule has 0 saturated heterocycles. The van der Waals surface area contributed by atoms with E-state index < -0.39 is 11.9 Å². The highest BCUT2D eigenvalue weighted by Gasteiger charge is 2.18. The number of aromatic amines is 1. The van der Waals surface area contributed by atoms with E-state index in [0.717, 1.165) is 16.5 Å². The van der Waals surface area contributed by atoms with Crippen LogP contribution in [-0.4, -0.2) is 23.5 Å². The van der Waals surface area contributed by atoms with Crippen molar-refractivity contribution in [1.82, 2.24) is 4.98 Å². The maximum Gasteiger partial charge on any atom is 0.341 e. The molecule has 6 heteroatoms. The fourth-order valence-electron chi connectivity index (χ4n) is 2.74. The Morgan fingerprint density at radius 3 is 2.62 bits per heavy atom. The maximum atomic E-state index is 12.4. The number of carbonyl (C=O) groups excluding carboxylic acids is 2. The molecule has 6 nitrogen and oxygen atoms in total. The van der Waals surface area contributed by atoms with Crippen LogP contribution >= 0.6 is 0 Å². The number of aryl methyl sites for hydroxylation is 1. The minimum absolute atomic E-state index is 0.315. The number of nitrogens with zero attached hydrogens (tertiary/aromatic N) is 1. The number of nitriles is 1. The van der Waals surface area contributed by atoms with Crippen LogP contribution in [0.4, 0.5) is 5.69 Å². The monoisotopic (exact) mass is 347 g/mol. The number of rotatable bonds is 5. The summed E-state index contributed by atoms with van der Waals surface area (Å²) >= 11 is 0. The van der Waals surface area contributed by atoms with Crippen molar-refractivity contribution in [3.05, 3.63) is 65.4 Å². The topological polar surface area (TPSA) is 95.0 Å². The summed E-state index contributed by atoms with van der Waals surface area (Å²) in [6.45, 7) is 1.41. The van der Waals surface area contributed by atoms with Crippen LogP contribution in [0.2, 0.25) is 0 Å². The zero-order valence-electron chi connectivity index (χ0n) is 14.2. The van der Waals surface area contributed by atoms with Gasteiger partial charge < -0.3 is 15.0 Å². The number of anilines is 1. The smallest absolute Gasteiger partial charge is 0.341 e. The average molecular weight is 347 g/mol. The summed E-state index contributed by atoms with van der Waals surface area (Å²) in [6.07, 6.45) is 0.315. The molecule has 130 valence electrons. The van der Waals surface area contributed by atoms with Crippen molar-refractivity contribution in [2.75, 3.05) is 11.9 Å². The number of carbonyl (C=O) groups is 2. The zero-order chi connectivity index (χ0) is 18.5. The van der Waals surface area contributed by atoms with Crippen molar-refractivity contribution in [2.45, 2.75) is 13.3 Å². The second kappa shape index (κ2) is 7.53.